The number of likely N-dealkylation sites (N-methyl/N-ethyl adjacent to an activating group) is 1. The van der Waals surface area contributed by atoms with Crippen molar-refractivity contribution in [3.05, 3.63) is 23.8 Å². The number of hydrogen-bond acceptors (Lipinski definition) is 5. The van der Waals surface area contributed by atoms with Crippen molar-refractivity contribution in [3.63, 3.8) is 0 Å². The van der Waals surface area contributed by atoms with Crippen molar-refractivity contribution in [1.29, 1.82) is 0 Å². The summed E-state index contributed by atoms with van der Waals surface area (Å²) >= 11 is 0. The van der Waals surface area contributed by atoms with Gasteiger partial charge in [-0.1, -0.05) is 6.07 Å². The van der Waals surface area contributed by atoms with E-state index in [-0.39, 0.29) is 19.2 Å². The molecule has 0 fully saturated rings. The molecule has 2 rings (SSSR count). The van der Waals surface area contributed by atoms with Gasteiger partial charge < -0.3 is 19.1 Å². The van der Waals surface area contributed by atoms with Gasteiger partial charge in [0.25, 0.3) is 0 Å². The zero-order valence-corrected chi connectivity index (χ0v) is 12.3. The molecular weight excluding hydrogens is 274 g/mol. The molecule has 0 N–H and O–H groups in total. The Bertz CT molecular complexity index is 529. The number of nitrogens with zero attached hydrogens (tertiary/aromatic N) is 1. The van der Waals surface area contributed by atoms with Gasteiger partial charge in [-0.3, -0.25) is 9.59 Å². The third-order valence-corrected chi connectivity index (χ3v) is 3.35. The highest BCUT2D eigenvalue weighted by Crippen LogP contribution is 2.32. The second kappa shape index (κ2) is 6.97. The van der Waals surface area contributed by atoms with Crippen LogP contribution >= 0.6 is 0 Å². The Morgan fingerprint density at radius 1 is 1.29 bits per heavy atom. The molecule has 21 heavy (non-hydrogen) atoms. The second-order valence-corrected chi connectivity index (χ2v) is 4.67. The molecule has 0 aliphatic carbocycles. The predicted molar refractivity (Wildman–Crippen MR) is 75.2 cm³/mol. The van der Waals surface area contributed by atoms with E-state index < -0.39 is 5.97 Å². The highest BCUT2D eigenvalue weighted by molar-refractivity contribution is 5.82. The number of carbonyl (C=O) groups excluding carboxylic acids is 2. The van der Waals surface area contributed by atoms with Gasteiger partial charge in [0, 0.05) is 13.0 Å². The van der Waals surface area contributed by atoms with E-state index in [0.717, 1.165) is 11.3 Å². The number of rotatable bonds is 6. The quantitative estimate of drug-likeness (QED) is 0.741. The number of amides is 1. The van der Waals surface area contributed by atoms with Gasteiger partial charge in [0.1, 0.15) is 6.54 Å². The zero-order chi connectivity index (χ0) is 15.2. The lowest BCUT2D eigenvalue weighted by Gasteiger charge is -2.19. The minimum absolute atomic E-state index is 0.00697. The summed E-state index contributed by atoms with van der Waals surface area (Å²) in [7, 11) is 1.31. The van der Waals surface area contributed by atoms with E-state index in [4.69, 9.17) is 9.47 Å². The van der Waals surface area contributed by atoms with E-state index in [1.54, 1.807) is 0 Å². The summed E-state index contributed by atoms with van der Waals surface area (Å²) in [6.45, 7) is 2.55. The maximum atomic E-state index is 12.1. The van der Waals surface area contributed by atoms with Crippen LogP contribution in [0.4, 0.5) is 0 Å². The molecule has 0 spiro atoms. The predicted octanol–water partition coefficient (Wildman–Crippen LogP) is 1.37. The molecule has 0 atom stereocenters. The molecule has 0 saturated heterocycles. The van der Waals surface area contributed by atoms with Gasteiger partial charge in [-0.2, -0.15) is 0 Å². The maximum Gasteiger partial charge on any atom is 0.325 e. The number of methoxy groups -OCH3 is 1. The van der Waals surface area contributed by atoms with Crippen LogP contribution in [0.25, 0.3) is 0 Å². The Kier molecular flexibility index (Phi) is 5.03. The summed E-state index contributed by atoms with van der Waals surface area (Å²) in [6.07, 6.45) is 0.928. The van der Waals surface area contributed by atoms with Gasteiger partial charge in [0.05, 0.1) is 7.11 Å². The molecule has 0 aromatic heterocycles. The van der Waals surface area contributed by atoms with E-state index in [9.17, 15) is 9.59 Å². The van der Waals surface area contributed by atoms with Crippen LogP contribution in [0.3, 0.4) is 0 Å². The molecule has 1 aromatic rings. The average Bonchev–Trinajstić information content (AvgIpc) is 2.97. The van der Waals surface area contributed by atoms with E-state index in [1.807, 2.05) is 25.1 Å². The normalized spacial score (nSPS) is 12.1. The first-order valence-electron chi connectivity index (χ1n) is 6.87. The second-order valence-electron chi connectivity index (χ2n) is 4.67. The van der Waals surface area contributed by atoms with E-state index in [2.05, 4.69) is 4.74 Å². The van der Waals surface area contributed by atoms with E-state index in [0.29, 0.717) is 25.1 Å². The van der Waals surface area contributed by atoms with Crippen molar-refractivity contribution >= 4 is 11.9 Å². The number of ether oxygens (including phenoxy) is 3. The topological polar surface area (TPSA) is 65.1 Å². The van der Waals surface area contributed by atoms with Crippen LogP contribution in [0.5, 0.6) is 11.5 Å². The van der Waals surface area contributed by atoms with Crippen LogP contribution in [0, 0.1) is 0 Å². The minimum Gasteiger partial charge on any atom is -0.468 e. The van der Waals surface area contributed by atoms with Gasteiger partial charge in [0.2, 0.25) is 12.7 Å². The molecule has 6 heteroatoms. The van der Waals surface area contributed by atoms with Crippen LogP contribution < -0.4 is 9.47 Å². The molecule has 1 amide bonds. The molecule has 1 aliphatic heterocycles. The lowest BCUT2D eigenvalue weighted by Crippen LogP contribution is -2.36. The highest BCUT2D eigenvalue weighted by Gasteiger charge is 2.17. The van der Waals surface area contributed by atoms with Gasteiger partial charge >= 0.3 is 5.97 Å². The summed E-state index contributed by atoms with van der Waals surface area (Å²) in [4.78, 5) is 24.8. The van der Waals surface area contributed by atoms with Crippen molar-refractivity contribution in [2.45, 2.75) is 19.8 Å². The van der Waals surface area contributed by atoms with Crippen LogP contribution in [-0.2, 0) is 20.7 Å². The van der Waals surface area contributed by atoms with Crippen LogP contribution in [0.2, 0.25) is 0 Å². The smallest absolute Gasteiger partial charge is 0.325 e. The Hall–Kier alpha value is -2.24. The Labute approximate surface area is 123 Å². The lowest BCUT2D eigenvalue weighted by molar-refractivity contribution is -0.146. The maximum absolute atomic E-state index is 12.1. The standard InChI is InChI=1S/C15H19NO5/c1-3-16(9-15(18)19-2)14(17)7-5-11-4-6-12-13(8-11)21-10-20-12/h4,6,8H,3,5,7,9-10H2,1-2H3. The van der Waals surface area contributed by atoms with Gasteiger partial charge in [-0.15, -0.1) is 0 Å². The van der Waals surface area contributed by atoms with Crippen LogP contribution in [-0.4, -0.2) is 43.8 Å². The van der Waals surface area contributed by atoms with Crippen molar-refractivity contribution < 1.29 is 23.8 Å². The number of esters is 1. The molecular formula is C15H19NO5. The molecule has 114 valence electrons. The number of fused-ring (bicyclic) bond motifs is 1. The lowest BCUT2D eigenvalue weighted by atomic mass is 10.1. The van der Waals surface area contributed by atoms with Gasteiger partial charge in [-0.05, 0) is 31.0 Å². The molecule has 6 nitrogen and oxygen atoms in total. The number of carbonyl (C=O) groups is 2. The van der Waals surface area contributed by atoms with Crippen molar-refractivity contribution in [2.24, 2.45) is 0 Å². The third-order valence-electron chi connectivity index (χ3n) is 3.35. The van der Waals surface area contributed by atoms with Gasteiger partial charge in [0.15, 0.2) is 11.5 Å². The van der Waals surface area contributed by atoms with E-state index >= 15 is 0 Å². The van der Waals surface area contributed by atoms with Crippen molar-refractivity contribution in [3.8, 4) is 11.5 Å². The Morgan fingerprint density at radius 2 is 2.05 bits per heavy atom. The molecule has 0 radical (unpaired) electrons. The summed E-state index contributed by atoms with van der Waals surface area (Å²) in [5, 5.41) is 0. The molecule has 1 aliphatic rings. The molecule has 0 bridgehead atoms. The van der Waals surface area contributed by atoms with E-state index in [1.165, 1.54) is 12.0 Å². The van der Waals surface area contributed by atoms with Crippen molar-refractivity contribution in [1.82, 2.24) is 4.90 Å². The fourth-order valence-electron chi connectivity index (χ4n) is 2.10. The summed E-state index contributed by atoms with van der Waals surface area (Å²) in [5.74, 6) is 0.960. The summed E-state index contributed by atoms with van der Waals surface area (Å²) in [6, 6.07) is 5.64. The van der Waals surface area contributed by atoms with Crippen LogP contribution in [0.15, 0.2) is 18.2 Å². The molecule has 1 aromatic carbocycles. The zero-order valence-electron chi connectivity index (χ0n) is 12.3. The number of benzene rings is 1. The Morgan fingerprint density at radius 3 is 2.76 bits per heavy atom. The molecule has 0 saturated carbocycles. The average molecular weight is 293 g/mol. The van der Waals surface area contributed by atoms with Crippen LogP contribution in [0.1, 0.15) is 18.9 Å². The summed E-state index contributed by atoms with van der Waals surface area (Å²) < 4.78 is 15.1. The molecule has 0 unspecified atom stereocenters. The number of hydrogen-bond donors (Lipinski definition) is 0. The Balaban J connectivity index is 1.89. The summed E-state index contributed by atoms with van der Waals surface area (Å²) in [5.41, 5.74) is 1.00. The van der Waals surface area contributed by atoms with Gasteiger partial charge in [-0.25, -0.2) is 0 Å². The first-order valence-corrected chi connectivity index (χ1v) is 6.87. The number of aryl methyl sites for hydroxylation is 1. The third kappa shape index (κ3) is 3.87. The fraction of sp³-hybridized carbons (Fsp3) is 0.467. The first kappa shape index (κ1) is 15.2. The fourth-order valence-corrected chi connectivity index (χ4v) is 2.10. The highest BCUT2D eigenvalue weighted by atomic mass is 16.7. The monoisotopic (exact) mass is 293 g/mol. The SMILES string of the molecule is CCN(CC(=O)OC)C(=O)CCc1ccc2c(c1)OCO2. The first-order chi connectivity index (χ1) is 10.1. The molecule has 1 heterocycles. The largest absolute Gasteiger partial charge is 0.468 e. The van der Waals surface area contributed by atoms with Crippen molar-refractivity contribution in [2.75, 3.05) is 27.0 Å². The minimum atomic E-state index is -0.409.